The summed E-state index contributed by atoms with van der Waals surface area (Å²) >= 11 is 13.0. The van der Waals surface area contributed by atoms with Crippen molar-refractivity contribution in [3.63, 3.8) is 0 Å². The third-order valence-corrected chi connectivity index (χ3v) is 6.02. The van der Waals surface area contributed by atoms with Gasteiger partial charge in [0.2, 0.25) is 0 Å². The maximum Gasteiger partial charge on any atom is 0.359 e. The Morgan fingerprint density at radius 3 is 2.70 bits per heavy atom. The first-order chi connectivity index (χ1) is 15.8. The minimum Gasteiger partial charge on any atom is -0.461 e. The van der Waals surface area contributed by atoms with Crippen LogP contribution >= 0.6 is 34.5 Å². The lowest BCUT2D eigenvalue weighted by molar-refractivity contribution is 0.0520. The number of hydrogen-bond acceptors (Lipinski definition) is 6. The van der Waals surface area contributed by atoms with E-state index in [1.807, 2.05) is 0 Å². The third kappa shape index (κ3) is 4.47. The van der Waals surface area contributed by atoms with Gasteiger partial charge in [0.1, 0.15) is 10.8 Å². The number of nitrogens with one attached hydrogen (secondary N) is 1. The average Bonchev–Trinajstić information content (AvgIpc) is 3.18. The van der Waals surface area contributed by atoms with E-state index in [-0.39, 0.29) is 44.3 Å². The quantitative estimate of drug-likeness (QED) is 0.370. The molecule has 0 atom stereocenters. The second-order valence-corrected chi connectivity index (χ2v) is 8.42. The zero-order valence-corrected chi connectivity index (χ0v) is 19.2. The zero-order valence-electron chi connectivity index (χ0n) is 16.9. The Morgan fingerprint density at radius 1 is 1.21 bits per heavy atom. The van der Waals surface area contributed by atoms with Crippen LogP contribution in [-0.4, -0.2) is 28.3 Å². The van der Waals surface area contributed by atoms with E-state index in [0.29, 0.717) is 5.02 Å². The SMILES string of the molecule is CCOC(=O)c1nn(-c2cccc(F)c2)c(=O)c2c(NC(=O)c3ccc(Cl)cc3Cl)scc12. The first-order valence-electron chi connectivity index (χ1n) is 9.54. The molecule has 11 heteroatoms. The van der Waals surface area contributed by atoms with E-state index in [0.717, 1.165) is 22.1 Å². The second kappa shape index (κ2) is 9.30. The molecule has 2 heterocycles. The number of aromatic nitrogens is 2. The number of esters is 1. The minimum absolute atomic E-state index is 0.0285. The van der Waals surface area contributed by atoms with Gasteiger partial charge in [-0.25, -0.2) is 9.18 Å². The van der Waals surface area contributed by atoms with Crippen LogP contribution < -0.4 is 10.9 Å². The zero-order chi connectivity index (χ0) is 23.7. The van der Waals surface area contributed by atoms with Crippen LogP contribution in [0.1, 0.15) is 27.8 Å². The van der Waals surface area contributed by atoms with E-state index in [1.165, 1.54) is 41.8 Å². The topological polar surface area (TPSA) is 90.3 Å². The maximum atomic E-state index is 13.8. The smallest absolute Gasteiger partial charge is 0.359 e. The normalized spacial score (nSPS) is 10.9. The molecule has 0 spiro atoms. The molecule has 1 amide bonds. The maximum absolute atomic E-state index is 13.8. The van der Waals surface area contributed by atoms with Crippen molar-refractivity contribution in [2.45, 2.75) is 6.92 Å². The van der Waals surface area contributed by atoms with Crippen LogP contribution in [0.25, 0.3) is 16.5 Å². The number of ether oxygens (including phenoxy) is 1. The molecule has 0 unspecified atom stereocenters. The van der Waals surface area contributed by atoms with Gasteiger partial charge < -0.3 is 10.1 Å². The van der Waals surface area contributed by atoms with Crippen LogP contribution in [0.4, 0.5) is 9.39 Å². The van der Waals surface area contributed by atoms with Gasteiger partial charge in [0, 0.05) is 15.8 Å². The summed E-state index contributed by atoms with van der Waals surface area (Å²) in [5.41, 5.74) is -0.538. The fraction of sp³-hybridized carbons (Fsp3) is 0.0909. The van der Waals surface area contributed by atoms with Crippen LogP contribution in [-0.2, 0) is 4.74 Å². The van der Waals surface area contributed by atoms with Gasteiger partial charge in [0.25, 0.3) is 11.5 Å². The lowest BCUT2D eigenvalue weighted by atomic mass is 10.2. The number of fused-ring (bicyclic) bond motifs is 1. The average molecular weight is 506 g/mol. The molecule has 0 saturated carbocycles. The van der Waals surface area contributed by atoms with Gasteiger partial charge in [-0.05, 0) is 43.3 Å². The standard InChI is InChI=1S/C22H14Cl2FN3O4S/c1-2-32-22(31)18-15-10-33-20(26-19(29)14-7-6-11(23)8-16(14)24)17(15)21(30)28(27-18)13-5-3-4-12(25)9-13/h3-10H,2H2,1H3,(H,26,29). The lowest BCUT2D eigenvalue weighted by Gasteiger charge is -2.10. The first kappa shape index (κ1) is 22.9. The van der Waals surface area contributed by atoms with Crippen molar-refractivity contribution in [1.29, 1.82) is 0 Å². The molecule has 4 rings (SSSR count). The Morgan fingerprint density at radius 2 is 2.00 bits per heavy atom. The summed E-state index contributed by atoms with van der Waals surface area (Å²) < 4.78 is 19.8. The summed E-state index contributed by atoms with van der Waals surface area (Å²) in [6.07, 6.45) is 0. The predicted molar refractivity (Wildman–Crippen MR) is 126 cm³/mol. The number of halogens is 3. The molecule has 0 aliphatic rings. The summed E-state index contributed by atoms with van der Waals surface area (Å²) in [5.74, 6) is -1.93. The van der Waals surface area contributed by atoms with Gasteiger partial charge in [-0.2, -0.15) is 9.78 Å². The van der Waals surface area contributed by atoms with Crippen molar-refractivity contribution in [2.75, 3.05) is 11.9 Å². The Bertz CT molecular complexity index is 1470. The highest BCUT2D eigenvalue weighted by Crippen LogP contribution is 2.32. The monoisotopic (exact) mass is 505 g/mol. The summed E-state index contributed by atoms with van der Waals surface area (Å²) in [6, 6.07) is 9.58. The highest BCUT2D eigenvalue weighted by molar-refractivity contribution is 7.16. The van der Waals surface area contributed by atoms with Crippen LogP contribution in [0.3, 0.4) is 0 Å². The molecule has 33 heavy (non-hydrogen) atoms. The van der Waals surface area contributed by atoms with Crippen molar-refractivity contribution < 1.29 is 18.7 Å². The van der Waals surface area contributed by atoms with Gasteiger partial charge in [-0.3, -0.25) is 9.59 Å². The fourth-order valence-corrected chi connectivity index (χ4v) is 4.55. The fourth-order valence-electron chi connectivity index (χ4n) is 3.12. The highest BCUT2D eigenvalue weighted by atomic mass is 35.5. The number of carbonyl (C=O) groups excluding carboxylic acids is 2. The molecule has 1 N–H and O–H groups in total. The number of anilines is 1. The van der Waals surface area contributed by atoms with Crippen molar-refractivity contribution in [3.05, 3.63) is 85.3 Å². The molecular weight excluding hydrogens is 492 g/mol. The Hall–Kier alpha value is -3.27. The van der Waals surface area contributed by atoms with Gasteiger partial charge in [0.15, 0.2) is 5.69 Å². The first-order valence-corrected chi connectivity index (χ1v) is 11.2. The number of hydrogen-bond donors (Lipinski definition) is 1. The molecule has 4 aromatic rings. The predicted octanol–water partition coefficient (Wildman–Crippen LogP) is 5.32. The largest absolute Gasteiger partial charge is 0.461 e. The number of carbonyl (C=O) groups is 2. The van der Waals surface area contributed by atoms with Crippen molar-refractivity contribution in [1.82, 2.24) is 9.78 Å². The van der Waals surface area contributed by atoms with Crippen molar-refractivity contribution in [3.8, 4) is 5.69 Å². The second-order valence-electron chi connectivity index (χ2n) is 6.70. The number of thiophene rings is 1. The Labute approximate surface area is 200 Å². The van der Waals surface area contributed by atoms with Gasteiger partial charge in [0.05, 0.1) is 28.3 Å². The number of benzene rings is 2. The van der Waals surface area contributed by atoms with E-state index < -0.39 is 23.3 Å². The Kier molecular flexibility index (Phi) is 6.46. The van der Waals surface area contributed by atoms with E-state index in [2.05, 4.69) is 10.4 Å². The van der Waals surface area contributed by atoms with Crippen LogP contribution in [0.2, 0.25) is 10.0 Å². The molecule has 2 aromatic carbocycles. The highest BCUT2D eigenvalue weighted by Gasteiger charge is 2.24. The van der Waals surface area contributed by atoms with Crippen molar-refractivity contribution in [2.24, 2.45) is 0 Å². The minimum atomic E-state index is -0.760. The third-order valence-electron chi connectivity index (χ3n) is 4.58. The van der Waals surface area contributed by atoms with Crippen LogP contribution in [0.5, 0.6) is 0 Å². The number of rotatable bonds is 5. The summed E-state index contributed by atoms with van der Waals surface area (Å²) in [5, 5.41) is 9.20. The summed E-state index contributed by atoms with van der Waals surface area (Å²) in [4.78, 5) is 38.7. The van der Waals surface area contributed by atoms with Gasteiger partial charge in [-0.15, -0.1) is 11.3 Å². The van der Waals surface area contributed by atoms with Crippen LogP contribution in [0.15, 0.2) is 52.6 Å². The molecule has 168 valence electrons. The molecule has 7 nitrogen and oxygen atoms in total. The number of nitrogens with zero attached hydrogens (tertiary/aromatic N) is 2. The van der Waals surface area contributed by atoms with Gasteiger partial charge in [-0.1, -0.05) is 29.3 Å². The van der Waals surface area contributed by atoms with Crippen LogP contribution in [0, 0.1) is 5.82 Å². The molecule has 0 bridgehead atoms. The van der Waals surface area contributed by atoms with E-state index in [4.69, 9.17) is 27.9 Å². The summed E-state index contributed by atoms with van der Waals surface area (Å²) in [6.45, 7) is 1.72. The van der Waals surface area contributed by atoms with Crippen molar-refractivity contribution >= 4 is 62.2 Å². The van der Waals surface area contributed by atoms with Gasteiger partial charge >= 0.3 is 5.97 Å². The number of amides is 1. The van der Waals surface area contributed by atoms with E-state index in [1.54, 1.807) is 6.92 Å². The molecule has 0 saturated heterocycles. The molecule has 2 aromatic heterocycles. The lowest BCUT2D eigenvalue weighted by Crippen LogP contribution is -2.25. The molecule has 0 fully saturated rings. The molecule has 0 aliphatic heterocycles. The van der Waals surface area contributed by atoms with E-state index >= 15 is 0 Å². The summed E-state index contributed by atoms with van der Waals surface area (Å²) in [7, 11) is 0. The van der Waals surface area contributed by atoms with E-state index in [9.17, 15) is 18.8 Å². The molecule has 0 radical (unpaired) electrons. The Balaban J connectivity index is 1.89. The molecule has 0 aliphatic carbocycles. The molecular formula is C22H14Cl2FN3O4S.